The second-order valence-electron chi connectivity index (χ2n) is 8.82. The average molecular weight is 365 g/mol. The van der Waals surface area contributed by atoms with Crippen molar-refractivity contribution in [2.45, 2.75) is 76.3 Å². The van der Waals surface area contributed by atoms with Gasteiger partial charge in [-0.2, -0.15) is 0 Å². The number of fused-ring (bicyclic) bond motifs is 2. The average Bonchev–Trinajstić information content (AvgIpc) is 2.68. The van der Waals surface area contributed by atoms with Crippen molar-refractivity contribution in [2.24, 2.45) is 23.7 Å². The molecule has 4 rings (SSSR count). The Morgan fingerprint density at radius 2 is 1.12 bits per heavy atom. The maximum absolute atomic E-state index is 5.96. The van der Waals surface area contributed by atoms with E-state index >= 15 is 0 Å². The molecule has 0 bridgehead atoms. The zero-order valence-corrected chi connectivity index (χ0v) is 16.7. The number of hydrogen-bond donors (Lipinski definition) is 2. The summed E-state index contributed by atoms with van der Waals surface area (Å²) in [6.45, 7) is 4.02. The third-order valence-electron chi connectivity index (χ3n) is 7.46. The van der Waals surface area contributed by atoms with Crippen molar-refractivity contribution in [1.29, 1.82) is 0 Å². The van der Waals surface area contributed by atoms with Gasteiger partial charge in [-0.05, 0) is 62.4 Å². The molecule has 2 aliphatic heterocycles. The lowest BCUT2D eigenvalue weighted by Crippen LogP contribution is -2.50. The molecule has 0 aromatic rings. The Morgan fingerprint density at radius 3 is 1.64 bits per heavy atom. The van der Waals surface area contributed by atoms with Crippen molar-refractivity contribution < 1.29 is 8.85 Å². The molecular formula is C20H36N2O2Si. The molecule has 5 heteroatoms. The molecule has 4 aliphatic rings. The normalized spacial score (nSPS) is 41.8. The predicted molar refractivity (Wildman–Crippen MR) is 101 cm³/mol. The van der Waals surface area contributed by atoms with Gasteiger partial charge in [-0.15, -0.1) is 0 Å². The maximum atomic E-state index is 5.96. The van der Waals surface area contributed by atoms with Crippen LogP contribution in [0.5, 0.6) is 0 Å². The van der Waals surface area contributed by atoms with E-state index in [0.717, 1.165) is 36.9 Å². The van der Waals surface area contributed by atoms with Gasteiger partial charge in [0.05, 0.1) is 13.2 Å². The Kier molecular flexibility index (Phi) is 6.86. The fourth-order valence-corrected chi connectivity index (χ4v) is 6.69. The van der Waals surface area contributed by atoms with Gasteiger partial charge in [0.25, 0.3) is 0 Å². The van der Waals surface area contributed by atoms with Gasteiger partial charge in [-0.1, -0.05) is 38.5 Å². The van der Waals surface area contributed by atoms with Gasteiger partial charge < -0.3 is 19.5 Å². The molecular weight excluding hydrogens is 328 g/mol. The van der Waals surface area contributed by atoms with Crippen LogP contribution in [-0.4, -0.2) is 48.4 Å². The van der Waals surface area contributed by atoms with Crippen LogP contribution in [0.4, 0.5) is 0 Å². The molecule has 2 radical (unpaired) electrons. The van der Waals surface area contributed by atoms with Crippen LogP contribution in [0, 0.1) is 23.7 Å². The molecule has 4 nitrogen and oxygen atoms in total. The summed E-state index contributed by atoms with van der Waals surface area (Å²) in [4.78, 5) is 0. The fraction of sp³-hybridized carbons (Fsp3) is 1.00. The minimum Gasteiger partial charge on any atom is -0.391 e. The van der Waals surface area contributed by atoms with E-state index in [0.29, 0.717) is 12.1 Å². The van der Waals surface area contributed by atoms with E-state index in [2.05, 4.69) is 10.6 Å². The Bertz CT molecular complexity index is 371. The summed E-state index contributed by atoms with van der Waals surface area (Å²) in [5.41, 5.74) is 0. The highest BCUT2D eigenvalue weighted by molar-refractivity contribution is 6.17. The summed E-state index contributed by atoms with van der Waals surface area (Å²) in [5, 5.41) is 7.41. The molecule has 6 atom stereocenters. The second kappa shape index (κ2) is 9.31. The second-order valence-corrected chi connectivity index (χ2v) is 9.56. The highest BCUT2D eigenvalue weighted by Crippen LogP contribution is 2.37. The molecule has 0 aromatic heterocycles. The van der Waals surface area contributed by atoms with Crippen molar-refractivity contribution in [2.75, 3.05) is 26.3 Å². The molecule has 2 aliphatic carbocycles. The topological polar surface area (TPSA) is 42.5 Å². The van der Waals surface area contributed by atoms with Gasteiger partial charge in [-0.25, -0.2) is 0 Å². The van der Waals surface area contributed by atoms with Crippen LogP contribution in [0.25, 0.3) is 0 Å². The van der Waals surface area contributed by atoms with Crippen LogP contribution in [0.1, 0.15) is 64.2 Å². The van der Waals surface area contributed by atoms with Crippen molar-refractivity contribution in [3.63, 3.8) is 0 Å². The maximum Gasteiger partial charge on any atom is 0.433 e. The first-order valence-electron chi connectivity index (χ1n) is 10.9. The summed E-state index contributed by atoms with van der Waals surface area (Å²) >= 11 is 0. The number of nitrogens with one attached hydrogen (secondary N) is 2. The first kappa shape index (κ1) is 18.4. The number of hydrogen-bond acceptors (Lipinski definition) is 4. The first-order chi connectivity index (χ1) is 12.4. The summed E-state index contributed by atoms with van der Waals surface area (Å²) in [5.74, 6) is 3.58. The van der Waals surface area contributed by atoms with Crippen LogP contribution in [0.3, 0.4) is 0 Å². The minimum atomic E-state index is 0.205. The molecule has 2 saturated carbocycles. The smallest absolute Gasteiger partial charge is 0.391 e. The van der Waals surface area contributed by atoms with E-state index < -0.39 is 0 Å². The van der Waals surface area contributed by atoms with E-state index in [1.165, 1.54) is 77.3 Å². The van der Waals surface area contributed by atoms with E-state index in [1.54, 1.807) is 0 Å². The van der Waals surface area contributed by atoms with Gasteiger partial charge in [0.2, 0.25) is 0 Å². The highest BCUT2D eigenvalue weighted by atomic mass is 28.3. The monoisotopic (exact) mass is 364 g/mol. The Labute approximate surface area is 156 Å². The van der Waals surface area contributed by atoms with Crippen molar-refractivity contribution in [3.8, 4) is 0 Å². The van der Waals surface area contributed by atoms with Crippen molar-refractivity contribution in [3.05, 3.63) is 0 Å². The van der Waals surface area contributed by atoms with E-state index in [9.17, 15) is 0 Å². The van der Waals surface area contributed by atoms with Gasteiger partial charge in [0.15, 0.2) is 0 Å². The van der Waals surface area contributed by atoms with E-state index in [-0.39, 0.29) is 10.0 Å². The largest absolute Gasteiger partial charge is 0.433 e. The molecule has 6 unspecified atom stereocenters. The molecule has 2 heterocycles. The summed E-state index contributed by atoms with van der Waals surface area (Å²) < 4.78 is 11.9. The van der Waals surface area contributed by atoms with Crippen molar-refractivity contribution >= 4 is 10.0 Å². The Balaban J connectivity index is 1.15. The van der Waals surface area contributed by atoms with Crippen LogP contribution in [0.15, 0.2) is 0 Å². The number of rotatable bonds is 6. The molecule has 142 valence electrons. The van der Waals surface area contributed by atoms with E-state index in [4.69, 9.17) is 8.85 Å². The van der Waals surface area contributed by atoms with Crippen LogP contribution in [0.2, 0.25) is 0 Å². The number of piperidine rings is 2. The molecule has 25 heavy (non-hydrogen) atoms. The van der Waals surface area contributed by atoms with Gasteiger partial charge in [-0.3, -0.25) is 0 Å². The lowest BCUT2D eigenvalue weighted by molar-refractivity contribution is 0.0753. The molecule has 0 aromatic carbocycles. The zero-order chi connectivity index (χ0) is 16.9. The molecule has 2 N–H and O–H groups in total. The summed E-state index contributed by atoms with van der Waals surface area (Å²) in [7, 11) is 0.205. The van der Waals surface area contributed by atoms with Gasteiger partial charge >= 0.3 is 10.0 Å². The van der Waals surface area contributed by atoms with Gasteiger partial charge in [0, 0.05) is 12.1 Å². The quantitative estimate of drug-likeness (QED) is 0.562. The predicted octanol–water partition coefficient (Wildman–Crippen LogP) is 2.89. The lowest BCUT2D eigenvalue weighted by atomic mass is 9.72. The lowest BCUT2D eigenvalue weighted by Gasteiger charge is -2.42. The third-order valence-corrected chi connectivity index (χ3v) is 8.03. The highest BCUT2D eigenvalue weighted by Gasteiger charge is 2.36. The molecule has 0 spiro atoms. The van der Waals surface area contributed by atoms with E-state index in [1.807, 2.05) is 0 Å². The van der Waals surface area contributed by atoms with Crippen molar-refractivity contribution in [1.82, 2.24) is 10.6 Å². The third kappa shape index (κ3) is 4.67. The molecule has 0 amide bonds. The first-order valence-corrected chi connectivity index (χ1v) is 11.7. The zero-order valence-electron chi connectivity index (χ0n) is 15.7. The van der Waals surface area contributed by atoms with Gasteiger partial charge in [0.1, 0.15) is 0 Å². The summed E-state index contributed by atoms with van der Waals surface area (Å²) in [6, 6.07) is 1.12. The standard InChI is InChI=1S/C20H36N2O2Si/c1-3-7-17-15(5-1)9-11-21-19(17)13-23-25-24-14-20-18-8-4-2-6-16(18)10-12-22-20/h15-22H,1-14H2. The molecule has 2 saturated heterocycles. The minimum absolute atomic E-state index is 0.205. The van der Waals surface area contributed by atoms with Crippen LogP contribution >= 0.6 is 0 Å². The summed E-state index contributed by atoms with van der Waals surface area (Å²) in [6.07, 6.45) is 14.1. The van der Waals surface area contributed by atoms with Crippen LogP contribution < -0.4 is 10.6 Å². The SMILES string of the molecule is C1CCC2C(C1)CCNC2CO[Si]OCC1NCCC2CCCCC21. The fourth-order valence-electron chi connectivity index (χ4n) is 6.11. The molecule has 4 fully saturated rings. The van der Waals surface area contributed by atoms with Crippen LogP contribution in [-0.2, 0) is 8.85 Å². The Hall–Kier alpha value is 0.0569. The Morgan fingerprint density at radius 1 is 0.640 bits per heavy atom.